The quantitative estimate of drug-likeness (QED) is 0.831. The van der Waals surface area contributed by atoms with Gasteiger partial charge in [-0.15, -0.1) is 0 Å². The van der Waals surface area contributed by atoms with Gasteiger partial charge in [-0.2, -0.15) is 0 Å². The number of fused-ring (bicyclic) bond motifs is 3. The minimum absolute atomic E-state index is 0.451. The van der Waals surface area contributed by atoms with Crippen molar-refractivity contribution in [2.45, 2.75) is 39.3 Å². The highest BCUT2D eigenvalue weighted by Gasteiger charge is 2.26. The molecule has 0 atom stereocenters. The summed E-state index contributed by atoms with van der Waals surface area (Å²) in [6.07, 6.45) is 2.92. The molecule has 0 aliphatic carbocycles. The molecule has 0 bridgehead atoms. The Morgan fingerprint density at radius 3 is 2.83 bits per heavy atom. The zero-order valence-corrected chi connectivity index (χ0v) is 13.9. The second-order valence-electron chi connectivity index (χ2n) is 6.52. The molecule has 124 valence electrons. The Balaban J connectivity index is 2.24. The Morgan fingerprint density at radius 2 is 2.13 bits per heavy atom. The van der Waals surface area contributed by atoms with E-state index in [9.17, 15) is 9.90 Å². The molecule has 2 heterocycles. The van der Waals surface area contributed by atoms with E-state index >= 15 is 0 Å². The molecular formula is C18H25N3O2. The van der Waals surface area contributed by atoms with Gasteiger partial charge in [-0.25, -0.2) is 4.79 Å². The third-order valence-electron chi connectivity index (χ3n) is 4.86. The largest absolute Gasteiger partial charge is 0.478 e. The molecule has 23 heavy (non-hydrogen) atoms. The van der Waals surface area contributed by atoms with Gasteiger partial charge in [-0.05, 0) is 44.5 Å². The van der Waals surface area contributed by atoms with Crippen molar-refractivity contribution in [3.8, 4) is 0 Å². The van der Waals surface area contributed by atoms with Crippen molar-refractivity contribution in [2.75, 3.05) is 20.1 Å². The van der Waals surface area contributed by atoms with Crippen molar-refractivity contribution in [3.05, 3.63) is 34.5 Å². The molecule has 0 radical (unpaired) electrons. The lowest BCUT2D eigenvalue weighted by Crippen LogP contribution is -2.27. The molecule has 0 spiro atoms. The molecule has 3 rings (SSSR count). The number of nitrogens with zero attached hydrogens (tertiary/aromatic N) is 2. The van der Waals surface area contributed by atoms with E-state index in [4.69, 9.17) is 5.73 Å². The highest BCUT2D eigenvalue weighted by atomic mass is 16.4. The molecule has 5 nitrogen and oxygen atoms in total. The summed E-state index contributed by atoms with van der Waals surface area (Å²) in [6, 6.07) is 4.03. The summed E-state index contributed by atoms with van der Waals surface area (Å²) < 4.78 is 2.25. The number of hydrogen-bond donors (Lipinski definition) is 2. The number of hydrogen-bond acceptors (Lipinski definition) is 3. The maximum absolute atomic E-state index is 11.9. The molecule has 1 aliphatic rings. The van der Waals surface area contributed by atoms with E-state index < -0.39 is 5.97 Å². The van der Waals surface area contributed by atoms with Gasteiger partial charge in [0, 0.05) is 37.1 Å². The zero-order chi connectivity index (χ0) is 16.6. The van der Waals surface area contributed by atoms with E-state index in [1.165, 1.54) is 11.3 Å². The third-order valence-corrected chi connectivity index (χ3v) is 4.86. The van der Waals surface area contributed by atoms with Crippen molar-refractivity contribution >= 4 is 16.9 Å². The topological polar surface area (TPSA) is 71.5 Å². The minimum Gasteiger partial charge on any atom is -0.478 e. The average Bonchev–Trinajstić information content (AvgIpc) is 2.80. The minimum atomic E-state index is -0.837. The fourth-order valence-corrected chi connectivity index (χ4v) is 3.71. The highest BCUT2D eigenvalue weighted by Crippen LogP contribution is 2.34. The first kappa shape index (κ1) is 16.0. The van der Waals surface area contributed by atoms with Gasteiger partial charge in [-0.1, -0.05) is 12.1 Å². The number of carboxylic acid groups (broad SMARTS) is 1. The molecule has 1 aromatic heterocycles. The summed E-state index contributed by atoms with van der Waals surface area (Å²) in [7, 11) is 2.12. The van der Waals surface area contributed by atoms with Gasteiger partial charge in [0.25, 0.3) is 0 Å². The van der Waals surface area contributed by atoms with E-state index in [1.807, 2.05) is 13.0 Å². The second kappa shape index (κ2) is 6.34. The van der Waals surface area contributed by atoms with E-state index in [-0.39, 0.29) is 0 Å². The van der Waals surface area contributed by atoms with Crippen molar-refractivity contribution in [2.24, 2.45) is 5.73 Å². The zero-order valence-electron chi connectivity index (χ0n) is 13.9. The first-order valence-electron chi connectivity index (χ1n) is 8.30. The van der Waals surface area contributed by atoms with Crippen LogP contribution >= 0.6 is 0 Å². The van der Waals surface area contributed by atoms with Gasteiger partial charge in [-0.3, -0.25) is 0 Å². The highest BCUT2D eigenvalue weighted by molar-refractivity contribution is 6.05. The van der Waals surface area contributed by atoms with Crippen molar-refractivity contribution in [3.63, 3.8) is 0 Å². The Bertz CT molecular complexity index is 749. The number of likely N-dealkylation sites (N-methyl/N-ethyl adjacent to an activating group) is 1. The summed E-state index contributed by atoms with van der Waals surface area (Å²) in [6.45, 7) is 5.30. The normalized spacial score (nSPS) is 15.1. The maximum atomic E-state index is 11.9. The number of aryl methyl sites for hydroxylation is 2. The number of aromatic nitrogens is 1. The molecule has 0 unspecified atom stereocenters. The average molecular weight is 315 g/mol. The van der Waals surface area contributed by atoms with Crippen LogP contribution in [0.25, 0.3) is 10.9 Å². The monoisotopic (exact) mass is 315 g/mol. The van der Waals surface area contributed by atoms with Crippen molar-refractivity contribution in [1.29, 1.82) is 0 Å². The van der Waals surface area contributed by atoms with E-state index in [1.54, 1.807) is 0 Å². The summed E-state index contributed by atoms with van der Waals surface area (Å²) >= 11 is 0. The third kappa shape index (κ3) is 2.75. The smallest absolute Gasteiger partial charge is 0.338 e. The number of unbranched alkanes of at least 4 members (excludes halogenated alkanes) is 1. The van der Waals surface area contributed by atoms with Crippen LogP contribution in [0.2, 0.25) is 0 Å². The van der Waals surface area contributed by atoms with Crippen LogP contribution in [0.1, 0.15) is 40.0 Å². The predicted molar refractivity (Wildman–Crippen MR) is 92.0 cm³/mol. The Morgan fingerprint density at radius 1 is 1.35 bits per heavy atom. The Hall–Kier alpha value is -1.85. The number of benzene rings is 1. The molecule has 1 aromatic carbocycles. The molecule has 1 aliphatic heterocycles. The number of nitrogens with two attached hydrogens (primary N) is 1. The number of aromatic carboxylic acids is 1. The van der Waals surface area contributed by atoms with E-state index in [0.29, 0.717) is 12.1 Å². The molecular weight excluding hydrogens is 290 g/mol. The van der Waals surface area contributed by atoms with Crippen LogP contribution < -0.4 is 5.73 Å². The molecule has 0 amide bonds. The lowest BCUT2D eigenvalue weighted by atomic mass is 10.0. The molecule has 5 heteroatoms. The summed E-state index contributed by atoms with van der Waals surface area (Å²) in [5.74, 6) is -0.837. The molecule has 3 N–H and O–H groups in total. The van der Waals surface area contributed by atoms with Crippen LogP contribution in [-0.4, -0.2) is 40.7 Å². The SMILES string of the molecule is Cc1ccc2c3c(n(CCCCN)c2c1C(=O)O)CCN(C)C3. The second-order valence-corrected chi connectivity index (χ2v) is 6.52. The summed E-state index contributed by atoms with van der Waals surface area (Å²) in [4.78, 5) is 14.1. The number of carboxylic acids is 1. The van der Waals surface area contributed by atoms with Crippen LogP contribution in [0.4, 0.5) is 0 Å². The summed E-state index contributed by atoms with van der Waals surface area (Å²) in [5, 5.41) is 10.8. The lowest BCUT2D eigenvalue weighted by Gasteiger charge is -2.24. The van der Waals surface area contributed by atoms with Gasteiger partial charge in [0.05, 0.1) is 11.1 Å². The fraction of sp³-hybridized carbons (Fsp3) is 0.500. The molecule has 0 saturated heterocycles. The standard InChI is InChI=1S/C18H25N3O2/c1-12-5-6-13-14-11-20(2)10-7-15(14)21(9-4-3-8-19)17(13)16(12)18(22)23/h5-6H,3-4,7-11,19H2,1-2H3,(H,22,23). The fourth-order valence-electron chi connectivity index (χ4n) is 3.71. The number of rotatable bonds is 5. The maximum Gasteiger partial charge on any atom is 0.338 e. The van der Waals surface area contributed by atoms with Gasteiger partial charge in [0.1, 0.15) is 0 Å². The van der Waals surface area contributed by atoms with Gasteiger partial charge in [0.2, 0.25) is 0 Å². The van der Waals surface area contributed by atoms with Crippen molar-refractivity contribution < 1.29 is 9.90 Å². The van der Waals surface area contributed by atoms with Crippen molar-refractivity contribution in [1.82, 2.24) is 9.47 Å². The first-order valence-corrected chi connectivity index (χ1v) is 8.30. The van der Waals surface area contributed by atoms with E-state index in [2.05, 4.69) is 22.6 Å². The van der Waals surface area contributed by atoms with Crippen LogP contribution in [0, 0.1) is 6.92 Å². The molecule has 2 aromatic rings. The van der Waals surface area contributed by atoms with Crippen LogP contribution in [0.15, 0.2) is 12.1 Å². The molecule has 0 saturated carbocycles. The predicted octanol–water partition coefficient (Wildman–Crippen LogP) is 2.37. The van der Waals surface area contributed by atoms with Crippen LogP contribution in [0.5, 0.6) is 0 Å². The molecule has 0 fully saturated rings. The lowest BCUT2D eigenvalue weighted by molar-refractivity contribution is 0.0698. The van der Waals surface area contributed by atoms with Gasteiger partial charge < -0.3 is 20.3 Å². The Labute approximate surface area is 136 Å². The number of carbonyl (C=O) groups is 1. The van der Waals surface area contributed by atoms with E-state index in [0.717, 1.165) is 55.4 Å². The summed E-state index contributed by atoms with van der Waals surface area (Å²) in [5.41, 5.74) is 10.4. The van der Waals surface area contributed by atoms with Gasteiger partial charge >= 0.3 is 5.97 Å². The first-order chi connectivity index (χ1) is 11.0. The van der Waals surface area contributed by atoms with Crippen LogP contribution in [0.3, 0.4) is 0 Å². The van der Waals surface area contributed by atoms with Gasteiger partial charge in [0.15, 0.2) is 0 Å². The Kier molecular flexibility index (Phi) is 4.41. The van der Waals surface area contributed by atoms with Crippen LogP contribution in [-0.2, 0) is 19.5 Å².